The van der Waals surface area contributed by atoms with Crippen LogP contribution < -0.4 is 20.1 Å². The Morgan fingerprint density at radius 3 is 2.38 bits per heavy atom. The number of piperidine rings is 1. The Hall–Kier alpha value is -1.91. The summed E-state index contributed by atoms with van der Waals surface area (Å²) in [5.41, 5.74) is 1.16. The van der Waals surface area contributed by atoms with Gasteiger partial charge in [0.2, 0.25) is 0 Å². The quantitative estimate of drug-likeness (QED) is 0.256. The summed E-state index contributed by atoms with van der Waals surface area (Å²) in [5, 5.41) is 6.82. The fraction of sp³-hybridized carbons (Fsp3) is 0.652. The van der Waals surface area contributed by atoms with Gasteiger partial charge < -0.3 is 29.7 Å². The minimum Gasteiger partial charge on any atom is -0.490 e. The lowest BCUT2D eigenvalue weighted by Crippen LogP contribution is -2.50. The third-order valence-corrected chi connectivity index (χ3v) is 4.98. The van der Waals surface area contributed by atoms with Crippen LogP contribution in [0.4, 0.5) is 4.79 Å². The molecule has 1 aliphatic rings. The molecule has 2 rings (SSSR count). The second-order valence-electron chi connectivity index (χ2n) is 7.26. The Balaban J connectivity index is 0.00000512. The molecule has 0 aromatic heterocycles. The molecule has 2 N–H and O–H groups in total. The molecule has 0 unspecified atom stereocenters. The van der Waals surface area contributed by atoms with Gasteiger partial charge in [-0.2, -0.15) is 0 Å². The number of hydrogen-bond acceptors (Lipinski definition) is 5. The highest BCUT2D eigenvalue weighted by Gasteiger charge is 2.24. The fourth-order valence-corrected chi connectivity index (χ4v) is 3.48. The van der Waals surface area contributed by atoms with Crippen LogP contribution in [0.5, 0.6) is 11.5 Å². The predicted molar refractivity (Wildman–Crippen MR) is 139 cm³/mol. The smallest absolute Gasteiger partial charge is 0.409 e. The number of carbonyl (C=O) groups excluding carboxylic acids is 1. The molecule has 1 fully saturated rings. The van der Waals surface area contributed by atoms with Crippen LogP contribution in [0, 0.1) is 0 Å². The molecule has 0 atom stereocenters. The number of nitrogens with zero attached hydrogens (tertiary/aromatic N) is 2. The van der Waals surface area contributed by atoms with Gasteiger partial charge in [-0.15, -0.1) is 24.0 Å². The Labute approximate surface area is 209 Å². The zero-order valence-electron chi connectivity index (χ0n) is 19.8. The van der Waals surface area contributed by atoms with Crippen LogP contribution in [0.25, 0.3) is 0 Å². The molecular formula is C23H39IN4O4. The third kappa shape index (κ3) is 9.30. The minimum absolute atomic E-state index is 0. The number of carbonyl (C=O) groups is 1. The first-order valence-electron chi connectivity index (χ1n) is 11.5. The normalized spacial score (nSPS) is 14.4. The first kappa shape index (κ1) is 28.1. The van der Waals surface area contributed by atoms with Gasteiger partial charge in [-0.25, -0.2) is 4.79 Å². The number of guanidine groups is 1. The zero-order chi connectivity index (χ0) is 22.5. The highest BCUT2D eigenvalue weighted by atomic mass is 127. The zero-order valence-corrected chi connectivity index (χ0v) is 22.1. The second-order valence-corrected chi connectivity index (χ2v) is 7.26. The van der Waals surface area contributed by atoms with E-state index in [1.807, 2.05) is 32.9 Å². The Morgan fingerprint density at radius 2 is 1.75 bits per heavy atom. The molecule has 1 saturated heterocycles. The summed E-state index contributed by atoms with van der Waals surface area (Å²) in [5.74, 6) is 2.37. The first-order valence-corrected chi connectivity index (χ1v) is 11.5. The van der Waals surface area contributed by atoms with Crippen molar-refractivity contribution in [2.75, 3.05) is 46.0 Å². The van der Waals surface area contributed by atoms with Crippen LogP contribution in [0.3, 0.4) is 0 Å². The molecule has 1 aliphatic heterocycles. The molecule has 8 nitrogen and oxygen atoms in total. The number of likely N-dealkylation sites (tertiary alicyclic amines) is 1. The number of aliphatic imine (C=N–C) groups is 1. The van der Waals surface area contributed by atoms with Crippen molar-refractivity contribution in [2.45, 2.75) is 53.0 Å². The molecule has 0 bridgehead atoms. The SMILES string of the molecule is CCNC(=NCCc1ccc(OCC)c(OCC)c1)NC1CCN(C(=O)OCC)CC1.I. The Bertz CT molecular complexity index is 709. The van der Waals surface area contributed by atoms with Gasteiger partial charge in [0, 0.05) is 32.2 Å². The van der Waals surface area contributed by atoms with Crippen LogP contribution in [0.15, 0.2) is 23.2 Å². The fourth-order valence-electron chi connectivity index (χ4n) is 3.48. The molecule has 1 aromatic carbocycles. The van der Waals surface area contributed by atoms with Crippen LogP contribution in [0.1, 0.15) is 46.1 Å². The van der Waals surface area contributed by atoms with Crippen molar-refractivity contribution in [2.24, 2.45) is 4.99 Å². The topological polar surface area (TPSA) is 84.4 Å². The van der Waals surface area contributed by atoms with Crippen molar-refractivity contribution in [3.05, 3.63) is 23.8 Å². The molecule has 1 aromatic rings. The van der Waals surface area contributed by atoms with Gasteiger partial charge in [0.1, 0.15) is 0 Å². The largest absolute Gasteiger partial charge is 0.490 e. The lowest BCUT2D eigenvalue weighted by atomic mass is 10.1. The first-order chi connectivity index (χ1) is 15.1. The van der Waals surface area contributed by atoms with E-state index >= 15 is 0 Å². The van der Waals surface area contributed by atoms with Gasteiger partial charge >= 0.3 is 6.09 Å². The molecule has 1 amide bonds. The number of benzene rings is 1. The lowest BCUT2D eigenvalue weighted by molar-refractivity contribution is 0.0963. The van der Waals surface area contributed by atoms with E-state index in [1.54, 1.807) is 4.90 Å². The third-order valence-electron chi connectivity index (χ3n) is 4.98. The van der Waals surface area contributed by atoms with E-state index in [-0.39, 0.29) is 30.1 Å². The van der Waals surface area contributed by atoms with Gasteiger partial charge in [0.05, 0.1) is 19.8 Å². The van der Waals surface area contributed by atoms with Crippen molar-refractivity contribution in [1.82, 2.24) is 15.5 Å². The molecule has 9 heteroatoms. The van der Waals surface area contributed by atoms with Gasteiger partial charge in [-0.1, -0.05) is 6.07 Å². The maximum absolute atomic E-state index is 11.9. The number of amides is 1. The van der Waals surface area contributed by atoms with Crippen LogP contribution in [-0.4, -0.2) is 69.0 Å². The maximum atomic E-state index is 11.9. The van der Waals surface area contributed by atoms with Crippen molar-refractivity contribution >= 4 is 36.0 Å². The maximum Gasteiger partial charge on any atom is 0.409 e. The van der Waals surface area contributed by atoms with E-state index in [9.17, 15) is 4.79 Å². The van der Waals surface area contributed by atoms with Crippen LogP contribution in [-0.2, 0) is 11.2 Å². The molecule has 32 heavy (non-hydrogen) atoms. The second kappa shape index (κ2) is 15.8. The highest BCUT2D eigenvalue weighted by molar-refractivity contribution is 14.0. The molecule has 0 aliphatic carbocycles. The van der Waals surface area contributed by atoms with Crippen molar-refractivity contribution < 1.29 is 19.0 Å². The molecule has 182 valence electrons. The Morgan fingerprint density at radius 1 is 1.06 bits per heavy atom. The number of halogens is 1. The van der Waals surface area contributed by atoms with E-state index < -0.39 is 0 Å². The van der Waals surface area contributed by atoms with Crippen LogP contribution in [0.2, 0.25) is 0 Å². The van der Waals surface area contributed by atoms with Gasteiger partial charge in [0.15, 0.2) is 17.5 Å². The summed E-state index contributed by atoms with van der Waals surface area (Å²) >= 11 is 0. The summed E-state index contributed by atoms with van der Waals surface area (Å²) in [6, 6.07) is 6.36. The summed E-state index contributed by atoms with van der Waals surface area (Å²) in [4.78, 5) is 18.4. The van der Waals surface area contributed by atoms with E-state index in [2.05, 4.69) is 23.6 Å². The van der Waals surface area contributed by atoms with E-state index in [1.165, 1.54) is 0 Å². The summed E-state index contributed by atoms with van der Waals surface area (Å²) in [7, 11) is 0. The monoisotopic (exact) mass is 562 g/mol. The van der Waals surface area contributed by atoms with E-state index in [4.69, 9.17) is 19.2 Å². The number of rotatable bonds is 10. The summed E-state index contributed by atoms with van der Waals surface area (Å²) < 4.78 is 16.4. The van der Waals surface area contributed by atoms with E-state index in [0.717, 1.165) is 48.8 Å². The number of nitrogens with one attached hydrogen (secondary N) is 2. The van der Waals surface area contributed by atoms with Crippen molar-refractivity contribution in [3.63, 3.8) is 0 Å². The van der Waals surface area contributed by atoms with Crippen molar-refractivity contribution in [1.29, 1.82) is 0 Å². The van der Waals surface area contributed by atoms with Crippen molar-refractivity contribution in [3.8, 4) is 11.5 Å². The summed E-state index contributed by atoms with van der Waals surface area (Å²) in [6.45, 7) is 12.3. The summed E-state index contributed by atoms with van der Waals surface area (Å²) in [6.07, 6.45) is 2.34. The Kier molecular flexibility index (Phi) is 13.9. The standard InChI is InChI=1S/C23H38N4O4.HI/c1-5-24-22(26-19-12-15-27(16-13-19)23(28)31-8-4)25-14-11-18-9-10-20(29-6-2)21(17-18)30-7-3;/h9-10,17,19H,5-8,11-16H2,1-4H3,(H2,24,25,26);1H. The molecule has 0 saturated carbocycles. The van der Waals surface area contributed by atoms with Crippen LogP contribution >= 0.6 is 24.0 Å². The molecular weight excluding hydrogens is 523 g/mol. The molecule has 1 heterocycles. The van der Waals surface area contributed by atoms with Gasteiger partial charge in [-0.05, 0) is 64.7 Å². The molecule has 0 spiro atoms. The lowest BCUT2D eigenvalue weighted by Gasteiger charge is -2.32. The van der Waals surface area contributed by atoms with Gasteiger partial charge in [-0.3, -0.25) is 4.99 Å². The average molecular weight is 562 g/mol. The highest BCUT2D eigenvalue weighted by Crippen LogP contribution is 2.28. The van der Waals surface area contributed by atoms with Gasteiger partial charge in [0.25, 0.3) is 0 Å². The minimum atomic E-state index is -0.219. The molecule has 0 radical (unpaired) electrons. The van der Waals surface area contributed by atoms with E-state index in [0.29, 0.717) is 45.5 Å². The predicted octanol–water partition coefficient (Wildman–Crippen LogP) is 3.82. The average Bonchev–Trinajstić information content (AvgIpc) is 2.76. The number of hydrogen-bond donors (Lipinski definition) is 2. The number of ether oxygens (including phenoxy) is 3.